The van der Waals surface area contributed by atoms with Crippen molar-refractivity contribution in [1.29, 1.82) is 0 Å². The summed E-state index contributed by atoms with van der Waals surface area (Å²) in [5.41, 5.74) is 0.317. The fourth-order valence-corrected chi connectivity index (χ4v) is 6.92. The maximum absolute atomic E-state index is 12.0. The van der Waals surface area contributed by atoms with Crippen molar-refractivity contribution in [3.05, 3.63) is 22.2 Å². The molecule has 0 aromatic heterocycles. The molecule has 1 heterocycles. The number of likely N-dealkylation sites (tertiary alicyclic amines) is 1. The van der Waals surface area contributed by atoms with Gasteiger partial charge in [-0.05, 0) is 80.7 Å². The zero-order chi connectivity index (χ0) is 24.2. The lowest BCUT2D eigenvalue weighted by atomic mass is 9.65. The minimum atomic E-state index is -0.218. The lowest BCUT2D eigenvalue weighted by molar-refractivity contribution is -0.144. The van der Waals surface area contributed by atoms with Gasteiger partial charge in [-0.2, -0.15) is 0 Å². The van der Waals surface area contributed by atoms with Gasteiger partial charge in [-0.1, -0.05) is 63.0 Å². The molecular weight excluding hydrogens is 455 g/mol. The fraction of sp³-hybridized carbons (Fsp3) is 0.815. The van der Waals surface area contributed by atoms with Crippen LogP contribution in [0, 0.1) is 35.0 Å². The Labute approximate surface area is 211 Å². The molecule has 0 bridgehead atoms. The van der Waals surface area contributed by atoms with Crippen molar-refractivity contribution in [2.75, 3.05) is 33.3 Å². The van der Waals surface area contributed by atoms with Crippen LogP contribution in [0.4, 0.5) is 0 Å². The van der Waals surface area contributed by atoms with Crippen LogP contribution in [0.25, 0.3) is 0 Å². The summed E-state index contributed by atoms with van der Waals surface area (Å²) in [4.78, 5) is 14.7. The van der Waals surface area contributed by atoms with E-state index in [1.54, 1.807) is 0 Å². The van der Waals surface area contributed by atoms with Gasteiger partial charge in [0, 0.05) is 29.2 Å². The van der Waals surface area contributed by atoms with Crippen molar-refractivity contribution >= 4 is 29.2 Å². The topological polar surface area (TPSA) is 41.6 Å². The Morgan fingerprint density at radius 1 is 1.27 bits per heavy atom. The molecule has 0 saturated carbocycles. The Balaban J connectivity index is 1.53. The van der Waals surface area contributed by atoms with Gasteiger partial charge in [0.1, 0.15) is 0 Å². The van der Waals surface area contributed by atoms with Gasteiger partial charge in [0.2, 0.25) is 0 Å². The summed E-state index contributed by atoms with van der Waals surface area (Å²) in [6, 6.07) is 0.426. The Bertz CT molecular complexity index is 734. The highest BCUT2D eigenvalue weighted by Gasteiger charge is 2.40. The minimum absolute atomic E-state index is 0.181. The number of halogens is 2. The van der Waals surface area contributed by atoms with Gasteiger partial charge >= 0.3 is 5.97 Å². The summed E-state index contributed by atoms with van der Waals surface area (Å²) in [6.07, 6.45) is 10.5. The molecule has 33 heavy (non-hydrogen) atoms. The van der Waals surface area contributed by atoms with E-state index < -0.39 is 0 Å². The number of allylic oxidation sites excluding steroid dienone is 3. The second-order valence-electron chi connectivity index (χ2n) is 11.6. The van der Waals surface area contributed by atoms with Crippen molar-refractivity contribution in [1.82, 2.24) is 10.2 Å². The van der Waals surface area contributed by atoms with E-state index in [0.29, 0.717) is 23.3 Å². The van der Waals surface area contributed by atoms with Crippen molar-refractivity contribution in [3.8, 4) is 0 Å². The molecule has 1 fully saturated rings. The molecule has 6 heteroatoms. The molecule has 0 amide bonds. The highest BCUT2D eigenvalue weighted by atomic mass is 35.5. The van der Waals surface area contributed by atoms with E-state index in [-0.39, 0.29) is 11.9 Å². The average molecular weight is 500 g/mol. The fourth-order valence-electron chi connectivity index (χ4n) is 6.35. The Hall–Kier alpha value is -0.550. The number of carbonyl (C=O) groups is 1. The van der Waals surface area contributed by atoms with E-state index in [4.69, 9.17) is 27.9 Å². The quantitative estimate of drug-likeness (QED) is 0.404. The van der Waals surface area contributed by atoms with Crippen LogP contribution in [0.2, 0.25) is 0 Å². The number of rotatable bonds is 8. The van der Waals surface area contributed by atoms with Crippen LogP contribution >= 0.6 is 23.2 Å². The van der Waals surface area contributed by atoms with Crippen molar-refractivity contribution in [2.24, 2.45) is 35.0 Å². The second kappa shape index (κ2) is 11.9. The van der Waals surface area contributed by atoms with Gasteiger partial charge < -0.3 is 15.0 Å². The smallest absolute Gasteiger partial charge is 0.312 e. The van der Waals surface area contributed by atoms with Gasteiger partial charge in [-0.3, -0.25) is 4.79 Å². The number of carbonyl (C=O) groups excluding carboxylic acids is 1. The van der Waals surface area contributed by atoms with Crippen LogP contribution in [-0.2, 0) is 9.53 Å². The lowest BCUT2D eigenvalue weighted by Crippen LogP contribution is -2.53. The largest absolute Gasteiger partial charge is 0.469 e. The first-order valence-corrected chi connectivity index (χ1v) is 13.6. The second-order valence-corrected chi connectivity index (χ2v) is 12.6. The summed E-state index contributed by atoms with van der Waals surface area (Å²) in [5.74, 6) is 2.05. The molecule has 0 radical (unpaired) electrons. The van der Waals surface area contributed by atoms with Gasteiger partial charge in [0.05, 0.1) is 13.0 Å². The van der Waals surface area contributed by atoms with Gasteiger partial charge in [0.15, 0.2) is 0 Å². The van der Waals surface area contributed by atoms with E-state index >= 15 is 0 Å². The predicted octanol–water partition coefficient (Wildman–Crippen LogP) is 6.19. The van der Waals surface area contributed by atoms with E-state index in [1.165, 1.54) is 26.5 Å². The van der Waals surface area contributed by atoms with Crippen molar-refractivity contribution < 1.29 is 9.53 Å². The molecule has 0 spiro atoms. The first kappa shape index (κ1) is 27.0. The van der Waals surface area contributed by atoms with E-state index in [9.17, 15) is 4.79 Å². The number of nitrogens with one attached hydrogen (secondary N) is 1. The number of nitrogens with zero attached hydrogens (tertiary/aromatic N) is 1. The standard InChI is InChI=1S/C27H44Cl2N2O2/c1-18(2)25(30-15-19-12-21(26(32)33-5)14-23(29)13-19)16-31-11-10-24(27(3,4)17-31)20-6-8-22(28)9-7-20/h8,14,18-21,24-25,30H,6-7,9-13,15-17H2,1-5H3/t19?,20?,21?,24?,25-/m0/s1. The van der Waals surface area contributed by atoms with Crippen molar-refractivity contribution in [3.63, 3.8) is 0 Å². The van der Waals surface area contributed by atoms with Crippen LogP contribution in [0.1, 0.15) is 66.2 Å². The normalized spacial score (nSPS) is 31.6. The van der Waals surface area contributed by atoms with E-state index in [0.717, 1.165) is 67.2 Å². The summed E-state index contributed by atoms with van der Waals surface area (Å²) < 4.78 is 4.95. The molecule has 0 aromatic carbocycles. The number of esters is 1. The maximum atomic E-state index is 12.0. The third-order valence-electron chi connectivity index (χ3n) is 8.24. The molecule has 1 aliphatic heterocycles. The van der Waals surface area contributed by atoms with Crippen LogP contribution in [0.3, 0.4) is 0 Å². The molecule has 0 aromatic rings. The molecule has 3 rings (SSSR count). The zero-order valence-electron chi connectivity index (χ0n) is 21.2. The van der Waals surface area contributed by atoms with Gasteiger partial charge in [0.25, 0.3) is 0 Å². The molecule has 5 atom stereocenters. The Kier molecular flexibility index (Phi) is 9.77. The first-order chi connectivity index (χ1) is 15.6. The highest BCUT2D eigenvalue weighted by molar-refractivity contribution is 6.30. The number of methoxy groups -OCH3 is 1. The van der Waals surface area contributed by atoms with E-state index in [2.05, 4.69) is 44.0 Å². The number of ether oxygens (including phenoxy) is 1. The molecule has 2 aliphatic carbocycles. The van der Waals surface area contributed by atoms with Crippen LogP contribution < -0.4 is 5.32 Å². The Morgan fingerprint density at radius 3 is 2.64 bits per heavy atom. The van der Waals surface area contributed by atoms with Crippen LogP contribution in [0.5, 0.6) is 0 Å². The molecule has 3 aliphatic rings. The highest BCUT2D eigenvalue weighted by Crippen LogP contribution is 2.45. The molecule has 4 unspecified atom stereocenters. The number of hydrogen-bond donors (Lipinski definition) is 1. The third kappa shape index (κ3) is 7.46. The monoisotopic (exact) mass is 498 g/mol. The summed E-state index contributed by atoms with van der Waals surface area (Å²) in [7, 11) is 1.45. The average Bonchev–Trinajstić information content (AvgIpc) is 2.75. The van der Waals surface area contributed by atoms with Gasteiger partial charge in [-0.15, -0.1) is 0 Å². The van der Waals surface area contributed by atoms with Gasteiger partial charge in [-0.25, -0.2) is 0 Å². The maximum Gasteiger partial charge on any atom is 0.312 e. The summed E-state index contributed by atoms with van der Waals surface area (Å²) in [5, 5.41) is 5.68. The Morgan fingerprint density at radius 2 is 2.03 bits per heavy atom. The molecule has 4 nitrogen and oxygen atoms in total. The number of piperidine rings is 1. The van der Waals surface area contributed by atoms with Crippen LogP contribution in [0.15, 0.2) is 22.2 Å². The zero-order valence-corrected chi connectivity index (χ0v) is 22.7. The first-order valence-electron chi connectivity index (χ1n) is 12.8. The number of hydrogen-bond acceptors (Lipinski definition) is 4. The molecule has 188 valence electrons. The third-order valence-corrected chi connectivity index (χ3v) is 8.87. The predicted molar refractivity (Wildman–Crippen MR) is 138 cm³/mol. The lowest BCUT2D eigenvalue weighted by Gasteiger charge is -2.49. The molecule has 1 saturated heterocycles. The minimum Gasteiger partial charge on any atom is -0.469 e. The SMILES string of the molecule is COC(=O)C1C=C(Cl)CC(CN[C@@H](CN2CCC(C3CC=C(Cl)CC3)C(C)(C)C2)C(C)C)C1. The van der Waals surface area contributed by atoms with Crippen LogP contribution in [-0.4, -0.2) is 50.2 Å². The van der Waals surface area contributed by atoms with Crippen molar-refractivity contribution in [2.45, 2.75) is 72.3 Å². The summed E-state index contributed by atoms with van der Waals surface area (Å²) in [6.45, 7) is 13.8. The molecule has 1 N–H and O–H groups in total. The molecular formula is C27H44Cl2N2O2. The summed E-state index contributed by atoms with van der Waals surface area (Å²) >= 11 is 12.6. The van der Waals surface area contributed by atoms with E-state index in [1.807, 2.05) is 6.08 Å².